The zero-order chi connectivity index (χ0) is 22.9. The van der Waals surface area contributed by atoms with E-state index < -0.39 is 10.0 Å². The highest BCUT2D eigenvalue weighted by atomic mass is 32.2. The summed E-state index contributed by atoms with van der Waals surface area (Å²) < 4.78 is 34.9. The number of hydrogen-bond acceptors (Lipinski definition) is 7. The van der Waals surface area contributed by atoms with Crippen LogP contribution >= 0.6 is 0 Å². The molecule has 1 aromatic carbocycles. The third-order valence-electron chi connectivity index (χ3n) is 4.89. The Morgan fingerprint density at radius 1 is 1.09 bits per heavy atom. The number of nitriles is 1. The van der Waals surface area contributed by atoms with Crippen LogP contribution in [-0.4, -0.2) is 29.9 Å². The van der Waals surface area contributed by atoms with Gasteiger partial charge in [0.05, 0.1) is 23.6 Å². The van der Waals surface area contributed by atoms with Crippen molar-refractivity contribution in [1.29, 1.82) is 5.26 Å². The summed E-state index contributed by atoms with van der Waals surface area (Å²) >= 11 is 0. The number of methoxy groups -OCH3 is 1. The van der Waals surface area contributed by atoms with E-state index in [0.717, 1.165) is 0 Å². The topological polar surface area (TPSA) is 126 Å². The number of rotatable bonds is 5. The van der Waals surface area contributed by atoms with Gasteiger partial charge in [-0.25, -0.2) is 18.4 Å². The highest BCUT2D eigenvalue weighted by molar-refractivity contribution is 7.92. The lowest BCUT2D eigenvalue weighted by atomic mass is 10.1. The van der Waals surface area contributed by atoms with Crippen molar-refractivity contribution in [2.45, 2.75) is 11.8 Å². The molecule has 3 aromatic heterocycles. The second-order valence-corrected chi connectivity index (χ2v) is 8.51. The van der Waals surface area contributed by atoms with Crippen molar-refractivity contribution in [3.63, 3.8) is 0 Å². The fourth-order valence-corrected chi connectivity index (χ4v) is 4.38. The summed E-state index contributed by atoms with van der Waals surface area (Å²) in [5, 5.41) is 8.91. The number of pyridine rings is 2. The van der Waals surface area contributed by atoms with Crippen molar-refractivity contribution in [2.75, 3.05) is 11.8 Å². The SMILES string of the molecule is COc1ncc(-c2ccc3nccc(=O)n3c2C)cc1NS(=O)(=O)c1ccc(C#N)cc1. The van der Waals surface area contributed by atoms with E-state index in [9.17, 15) is 13.2 Å². The van der Waals surface area contributed by atoms with Crippen LogP contribution in [0.15, 0.2) is 70.6 Å². The van der Waals surface area contributed by atoms with Crippen LogP contribution in [0.3, 0.4) is 0 Å². The molecule has 0 fully saturated rings. The number of nitrogens with one attached hydrogen (secondary N) is 1. The average molecular weight is 447 g/mol. The number of sulfonamides is 1. The largest absolute Gasteiger partial charge is 0.480 e. The Morgan fingerprint density at radius 2 is 1.84 bits per heavy atom. The fourth-order valence-electron chi connectivity index (χ4n) is 3.33. The van der Waals surface area contributed by atoms with Crippen LogP contribution in [0.4, 0.5) is 5.69 Å². The molecular formula is C22H17N5O4S. The lowest BCUT2D eigenvalue weighted by Crippen LogP contribution is -2.16. The van der Waals surface area contributed by atoms with Crippen LogP contribution in [0, 0.1) is 18.3 Å². The first-order valence-electron chi connectivity index (χ1n) is 9.39. The average Bonchev–Trinajstić information content (AvgIpc) is 2.79. The lowest BCUT2D eigenvalue weighted by Gasteiger charge is -2.14. The first-order valence-corrected chi connectivity index (χ1v) is 10.9. The maximum Gasteiger partial charge on any atom is 0.262 e. The first-order chi connectivity index (χ1) is 15.3. The van der Waals surface area contributed by atoms with Gasteiger partial charge in [-0.2, -0.15) is 5.26 Å². The predicted octanol–water partition coefficient (Wildman–Crippen LogP) is 2.75. The van der Waals surface area contributed by atoms with Gasteiger partial charge in [0.2, 0.25) is 5.88 Å². The minimum atomic E-state index is -3.97. The minimum absolute atomic E-state index is 0.0107. The van der Waals surface area contributed by atoms with Crippen LogP contribution in [0.25, 0.3) is 16.8 Å². The second kappa shape index (κ2) is 8.13. The molecular weight excluding hydrogens is 430 g/mol. The van der Waals surface area contributed by atoms with E-state index in [4.69, 9.17) is 10.00 Å². The molecule has 0 saturated heterocycles. The van der Waals surface area contributed by atoms with Gasteiger partial charge in [-0.1, -0.05) is 0 Å². The Balaban J connectivity index is 1.79. The van der Waals surface area contributed by atoms with E-state index in [1.807, 2.05) is 6.07 Å². The van der Waals surface area contributed by atoms with E-state index in [1.165, 1.54) is 54.2 Å². The molecule has 0 aliphatic carbocycles. The molecule has 9 nitrogen and oxygen atoms in total. The lowest BCUT2D eigenvalue weighted by molar-refractivity contribution is 0.400. The number of benzene rings is 1. The molecule has 0 unspecified atom stereocenters. The van der Waals surface area contributed by atoms with Crippen LogP contribution in [0.2, 0.25) is 0 Å². The van der Waals surface area contributed by atoms with Crippen molar-refractivity contribution in [3.8, 4) is 23.1 Å². The third-order valence-corrected chi connectivity index (χ3v) is 6.27. The Kier molecular flexibility index (Phi) is 5.34. The number of anilines is 1. The molecule has 0 bridgehead atoms. The monoisotopic (exact) mass is 447 g/mol. The van der Waals surface area contributed by atoms with Gasteiger partial charge < -0.3 is 4.74 Å². The van der Waals surface area contributed by atoms with Gasteiger partial charge >= 0.3 is 0 Å². The molecule has 4 rings (SSSR count). The number of hydrogen-bond donors (Lipinski definition) is 1. The maximum absolute atomic E-state index is 12.9. The Morgan fingerprint density at radius 3 is 2.53 bits per heavy atom. The minimum Gasteiger partial charge on any atom is -0.480 e. The summed E-state index contributed by atoms with van der Waals surface area (Å²) in [5.74, 6) is 0.0863. The number of nitrogens with zero attached hydrogens (tertiary/aromatic N) is 4. The molecule has 0 aliphatic heterocycles. The van der Waals surface area contributed by atoms with E-state index in [-0.39, 0.29) is 22.0 Å². The zero-order valence-corrected chi connectivity index (χ0v) is 17.9. The van der Waals surface area contributed by atoms with Gasteiger partial charge in [0.1, 0.15) is 11.3 Å². The van der Waals surface area contributed by atoms with Gasteiger partial charge in [0.25, 0.3) is 15.6 Å². The Labute approximate surface area is 183 Å². The summed E-state index contributed by atoms with van der Waals surface area (Å²) in [6.45, 7) is 1.77. The van der Waals surface area contributed by atoms with Crippen LogP contribution in [-0.2, 0) is 10.0 Å². The molecule has 0 aliphatic rings. The van der Waals surface area contributed by atoms with E-state index in [1.54, 1.807) is 25.1 Å². The molecule has 0 saturated carbocycles. The van der Waals surface area contributed by atoms with Gasteiger partial charge in [-0.05, 0) is 49.4 Å². The molecule has 0 radical (unpaired) electrons. The van der Waals surface area contributed by atoms with Gasteiger partial charge in [0.15, 0.2) is 0 Å². The highest BCUT2D eigenvalue weighted by Gasteiger charge is 2.19. The molecule has 4 aromatic rings. The number of ether oxygens (including phenoxy) is 1. The zero-order valence-electron chi connectivity index (χ0n) is 17.1. The van der Waals surface area contributed by atoms with Gasteiger partial charge in [0, 0.05) is 35.3 Å². The van der Waals surface area contributed by atoms with Crippen molar-refractivity contribution in [1.82, 2.24) is 14.4 Å². The molecule has 3 heterocycles. The Hall–Kier alpha value is -4.23. The summed E-state index contributed by atoms with van der Waals surface area (Å²) in [6, 6.07) is 13.9. The maximum atomic E-state index is 12.9. The van der Waals surface area contributed by atoms with Crippen LogP contribution in [0.1, 0.15) is 11.3 Å². The van der Waals surface area contributed by atoms with Gasteiger partial charge in [-0.3, -0.25) is 13.9 Å². The quantitative estimate of drug-likeness (QED) is 0.498. The van der Waals surface area contributed by atoms with E-state index in [2.05, 4.69) is 14.7 Å². The van der Waals surface area contributed by atoms with Crippen LogP contribution in [0.5, 0.6) is 5.88 Å². The number of aromatic nitrogens is 3. The summed E-state index contributed by atoms with van der Waals surface area (Å²) in [4.78, 5) is 20.7. The van der Waals surface area contributed by atoms with Crippen molar-refractivity contribution in [2.24, 2.45) is 0 Å². The summed E-state index contributed by atoms with van der Waals surface area (Å²) in [6.07, 6.45) is 2.98. The predicted molar refractivity (Wildman–Crippen MR) is 118 cm³/mol. The molecule has 1 N–H and O–H groups in total. The van der Waals surface area contributed by atoms with Crippen LogP contribution < -0.4 is 15.0 Å². The van der Waals surface area contributed by atoms with E-state index >= 15 is 0 Å². The summed E-state index contributed by atoms with van der Waals surface area (Å²) in [5.41, 5.74) is 2.65. The van der Waals surface area contributed by atoms with Gasteiger partial charge in [-0.15, -0.1) is 0 Å². The van der Waals surface area contributed by atoms with Crippen molar-refractivity contribution >= 4 is 21.4 Å². The van der Waals surface area contributed by atoms with E-state index in [0.29, 0.717) is 28.0 Å². The Bertz CT molecular complexity index is 1540. The third kappa shape index (κ3) is 3.77. The first kappa shape index (κ1) is 21.0. The molecule has 160 valence electrons. The standard InChI is InChI=1S/C22H17N5O4S/c1-14-18(7-8-20-24-10-9-21(28)27(14)20)16-11-19(22(31-2)25-13-16)26-32(29,30)17-5-3-15(12-23)4-6-17/h3-11,13,26H,1-2H3. The smallest absolute Gasteiger partial charge is 0.262 e. The molecule has 0 spiro atoms. The van der Waals surface area contributed by atoms with Crippen molar-refractivity contribution < 1.29 is 13.2 Å². The highest BCUT2D eigenvalue weighted by Crippen LogP contribution is 2.31. The molecule has 0 atom stereocenters. The fraction of sp³-hybridized carbons (Fsp3) is 0.0909. The summed E-state index contributed by atoms with van der Waals surface area (Å²) in [7, 11) is -2.58. The molecule has 0 amide bonds. The molecule has 32 heavy (non-hydrogen) atoms. The number of fused-ring (bicyclic) bond motifs is 1. The second-order valence-electron chi connectivity index (χ2n) is 6.83. The van der Waals surface area contributed by atoms with Crippen molar-refractivity contribution in [3.05, 3.63) is 82.5 Å². The number of aryl methyl sites for hydroxylation is 1. The normalized spacial score (nSPS) is 11.2. The molecule has 10 heteroatoms.